The molecular weight excluding hydrogens is 486 g/mol. The number of aliphatic imine (C=N–C) groups is 1. The summed E-state index contributed by atoms with van der Waals surface area (Å²) in [5, 5.41) is 35.9. The van der Waals surface area contributed by atoms with Crippen molar-refractivity contribution in [2.24, 2.45) is 4.99 Å². The Bertz CT molecular complexity index is 1520. The van der Waals surface area contributed by atoms with Gasteiger partial charge in [-0.3, -0.25) is 15.4 Å². The maximum Gasteiger partial charge on any atom is 0.269 e. The van der Waals surface area contributed by atoms with Crippen LogP contribution >= 0.6 is 0 Å². The number of nitriles is 2. The van der Waals surface area contributed by atoms with Crippen LogP contribution in [-0.2, 0) is 0 Å². The third-order valence-electron chi connectivity index (χ3n) is 6.62. The summed E-state index contributed by atoms with van der Waals surface area (Å²) in [4.78, 5) is 24.6. The van der Waals surface area contributed by atoms with E-state index in [-0.39, 0.29) is 34.5 Å². The van der Waals surface area contributed by atoms with Crippen molar-refractivity contribution in [3.05, 3.63) is 75.3 Å². The van der Waals surface area contributed by atoms with Crippen LogP contribution in [0.2, 0.25) is 0 Å². The number of piperazine rings is 1. The topological polar surface area (TPSA) is 199 Å². The number of nitrogens with two attached hydrogens (primary N) is 2. The average Bonchev–Trinajstić information content (AvgIpc) is 2.93. The van der Waals surface area contributed by atoms with Crippen LogP contribution in [0, 0.1) is 32.9 Å². The first kappa shape index (κ1) is 24.1. The van der Waals surface area contributed by atoms with Gasteiger partial charge in [0.2, 0.25) is 5.96 Å². The molecular formula is C25H23N11O2. The zero-order chi connectivity index (χ0) is 26.8. The summed E-state index contributed by atoms with van der Waals surface area (Å²) >= 11 is 0. The number of para-hydroxylation sites is 1. The number of pyridine rings is 1. The number of rotatable bonds is 4. The fourth-order valence-corrected chi connectivity index (χ4v) is 4.81. The molecule has 1 atom stereocenters. The van der Waals surface area contributed by atoms with Crippen LogP contribution in [0.15, 0.2) is 53.5 Å². The van der Waals surface area contributed by atoms with Crippen LogP contribution in [0.5, 0.6) is 0 Å². The molecule has 0 aliphatic carbocycles. The molecule has 2 aromatic carbocycles. The Hall–Kier alpha value is -5.56. The normalized spacial score (nSPS) is 16.4. The molecule has 0 amide bonds. The molecule has 1 fully saturated rings. The minimum absolute atomic E-state index is 0.00843. The van der Waals surface area contributed by atoms with Gasteiger partial charge >= 0.3 is 0 Å². The summed E-state index contributed by atoms with van der Waals surface area (Å²) in [6, 6.07) is 15.8. The van der Waals surface area contributed by atoms with Gasteiger partial charge in [-0.2, -0.15) is 10.5 Å². The molecule has 38 heavy (non-hydrogen) atoms. The number of nitrogen functional groups attached to an aromatic ring is 2. The molecule has 1 unspecified atom stereocenters. The summed E-state index contributed by atoms with van der Waals surface area (Å²) in [5.74, 6) is 0.208. The number of hydrogen-bond acceptors (Lipinski definition) is 12. The van der Waals surface area contributed by atoms with Crippen molar-refractivity contribution in [3.63, 3.8) is 0 Å². The lowest BCUT2D eigenvalue weighted by molar-refractivity contribution is -0.384. The maximum absolute atomic E-state index is 11.7. The number of nitrogens with zero attached hydrogens (tertiary/aromatic N) is 7. The molecule has 0 radical (unpaired) electrons. The highest BCUT2D eigenvalue weighted by Gasteiger charge is 2.33. The summed E-state index contributed by atoms with van der Waals surface area (Å²) < 4.78 is 0. The van der Waals surface area contributed by atoms with E-state index in [1.165, 1.54) is 12.1 Å². The molecule has 5 rings (SSSR count). The SMILES string of the molecule is N#CNC1=NC(c2cc([N+](=O)[O-])ccc2N2CCN(c3ccccc3)CC2)c2c(nc(N)c(C#N)c2N)N1. The fourth-order valence-electron chi connectivity index (χ4n) is 4.81. The first-order valence-corrected chi connectivity index (χ1v) is 11.7. The van der Waals surface area contributed by atoms with Crippen molar-refractivity contribution in [2.75, 3.05) is 52.8 Å². The Morgan fingerprint density at radius 2 is 1.79 bits per heavy atom. The molecule has 3 heterocycles. The van der Waals surface area contributed by atoms with Gasteiger partial charge in [0.1, 0.15) is 29.3 Å². The summed E-state index contributed by atoms with van der Waals surface area (Å²) in [6.07, 6.45) is 1.81. The molecule has 1 aromatic heterocycles. The second-order valence-electron chi connectivity index (χ2n) is 8.71. The zero-order valence-corrected chi connectivity index (χ0v) is 20.1. The number of fused-ring (bicyclic) bond motifs is 1. The van der Waals surface area contributed by atoms with Gasteiger partial charge < -0.3 is 26.6 Å². The van der Waals surface area contributed by atoms with E-state index in [1.807, 2.05) is 30.5 Å². The van der Waals surface area contributed by atoms with Gasteiger partial charge in [-0.15, -0.1) is 0 Å². The molecule has 6 N–H and O–H groups in total. The van der Waals surface area contributed by atoms with E-state index in [0.717, 1.165) is 24.5 Å². The molecule has 3 aromatic rings. The van der Waals surface area contributed by atoms with Crippen LogP contribution in [0.3, 0.4) is 0 Å². The Morgan fingerprint density at radius 1 is 1.08 bits per heavy atom. The summed E-state index contributed by atoms with van der Waals surface area (Å²) in [7, 11) is 0. The van der Waals surface area contributed by atoms with Crippen LogP contribution in [0.1, 0.15) is 22.7 Å². The molecule has 0 spiro atoms. The molecule has 0 bridgehead atoms. The number of guanidine groups is 1. The van der Waals surface area contributed by atoms with Crippen LogP contribution in [0.4, 0.5) is 34.4 Å². The van der Waals surface area contributed by atoms with Crippen molar-refractivity contribution in [2.45, 2.75) is 6.04 Å². The largest absolute Gasteiger partial charge is 0.397 e. The van der Waals surface area contributed by atoms with Gasteiger partial charge in [-0.1, -0.05) is 18.2 Å². The van der Waals surface area contributed by atoms with E-state index >= 15 is 0 Å². The second-order valence-corrected chi connectivity index (χ2v) is 8.71. The van der Waals surface area contributed by atoms with Crippen LogP contribution < -0.4 is 31.9 Å². The lowest BCUT2D eigenvalue weighted by Gasteiger charge is -2.39. The van der Waals surface area contributed by atoms with Crippen molar-refractivity contribution in [3.8, 4) is 12.3 Å². The quantitative estimate of drug-likeness (QED) is 0.174. The number of nitro groups is 1. The number of aromatic nitrogens is 1. The molecule has 190 valence electrons. The lowest BCUT2D eigenvalue weighted by Crippen LogP contribution is -2.47. The number of nitro benzene ring substituents is 1. The fraction of sp³-hybridized carbons (Fsp3) is 0.200. The minimum atomic E-state index is -0.899. The van der Waals surface area contributed by atoms with E-state index in [4.69, 9.17) is 11.5 Å². The highest BCUT2D eigenvalue weighted by atomic mass is 16.6. The highest BCUT2D eigenvalue weighted by Crippen LogP contribution is 2.44. The van der Waals surface area contributed by atoms with Crippen molar-refractivity contribution >= 4 is 40.3 Å². The van der Waals surface area contributed by atoms with Gasteiger partial charge in [0, 0.05) is 60.8 Å². The van der Waals surface area contributed by atoms with Crippen molar-refractivity contribution < 1.29 is 4.92 Å². The second kappa shape index (κ2) is 9.83. The third kappa shape index (κ3) is 4.29. The molecule has 2 aliphatic rings. The van der Waals surface area contributed by atoms with E-state index in [2.05, 4.69) is 42.5 Å². The average molecular weight is 510 g/mol. The summed E-state index contributed by atoms with van der Waals surface area (Å²) in [6.45, 7) is 2.80. The number of anilines is 5. The Balaban J connectivity index is 1.61. The minimum Gasteiger partial charge on any atom is -0.397 e. The van der Waals surface area contributed by atoms with Crippen molar-refractivity contribution in [1.29, 1.82) is 10.5 Å². The Labute approximate surface area is 217 Å². The maximum atomic E-state index is 11.7. The number of non-ortho nitro benzene ring substituents is 1. The first-order chi connectivity index (χ1) is 18.4. The number of hydrogen-bond donors (Lipinski definition) is 4. The smallest absolute Gasteiger partial charge is 0.269 e. The standard InChI is InChI=1S/C25H23N11O2/c26-13-18-21(28)20-22(31-25(30-14-27)33-24(20)32-23(18)29)17-12-16(36(37)38)6-7-19(17)35-10-8-34(9-11-35)15-4-2-1-3-5-15/h1-7,12,22H,8-11H2,(H6,28,29,30,31,32,33). The lowest BCUT2D eigenvalue weighted by atomic mass is 9.93. The van der Waals surface area contributed by atoms with E-state index in [0.29, 0.717) is 24.2 Å². The van der Waals surface area contributed by atoms with Crippen LogP contribution in [0.25, 0.3) is 0 Å². The predicted molar refractivity (Wildman–Crippen MR) is 143 cm³/mol. The number of nitrogens with one attached hydrogen (secondary N) is 2. The van der Waals surface area contributed by atoms with E-state index in [9.17, 15) is 20.6 Å². The molecule has 1 saturated heterocycles. The summed E-state index contributed by atoms with van der Waals surface area (Å²) in [5.41, 5.74) is 15.0. The van der Waals surface area contributed by atoms with Gasteiger partial charge in [0.25, 0.3) is 5.69 Å². The Kier molecular flexibility index (Phi) is 6.25. The van der Waals surface area contributed by atoms with Crippen LogP contribution in [-0.4, -0.2) is 42.0 Å². The van der Waals surface area contributed by atoms with Crippen molar-refractivity contribution in [1.82, 2.24) is 10.3 Å². The highest BCUT2D eigenvalue weighted by molar-refractivity contribution is 5.98. The molecule has 2 aliphatic heterocycles. The molecule has 0 saturated carbocycles. The van der Waals surface area contributed by atoms with Gasteiger partial charge in [0.05, 0.1) is 10.6 Å². The zero-order valence-electron chi connectivity index (χ0n) is 20.1. The predicted octanol–water partition coefficient (Wildman–Crippen LogP) is 2.29. The van der Waals surface area contributed by atoms with E-state index in [1.54, 1.807) is 6.07 Å². The Morgan fingerprint density at radius 3 is 2.45 bits per heavy atom. The molecule has 13 nitrogen and oxygen atoms in total. The van der Waals surface area contributed by atoms with E-state index < -0.39 is 11.0 Å². The third-order valence-corrected chi connectivity index (χ3v) is 6.62. The molecule has 13 heteroatoms. The van der Waals surface area contributed by atoms with Gasteiger partial charge in [-0.25, -0.2) is 9.98 Å². The van der Waals surface area contributed by atoms with Gasteiger partial charge in [0.15, 0.2) is 6.19 Å². The monoisotopic (exact) mass is 509 g/mol. The van der Waals surface area contributed by atoms with Gasteiger partial charge in [-0.05, 0) is 18.2 Å². The number of benzene rings is 2. The first-order valence-electron chi connectivity index (χ1n) is 11.7.